The van der Waals surface area contributed by atoms with Crippen LogP contribution in [0.3, 0.4) is 0 Å². The fourth-order valence-corrected chi connectivity index (χ4v) is 4.64. The molecule has 0 radical (unpaired) electrons. The molecule has 4 rings (SSSR count). The monoisotopic (exact) mass is 378 g/mol. The van der Waals surface area contributed by atoms with Crippen molar-refractivity contribution in [2.24, 2.45) is 5.73 Å². The third-order valence-corrected chi connectivity index (χ3v) is 6.10. The summed E-state index contributed by atoms with van der Waals surface area (Å²) in [6, 6.07) is 5.53. The Bertz CT molecular complexity index is 1110. The van der Waals surface area contributed by atoms with E-state index < -0.39 is 5.91 Å². The predicted octanol–water partition coefficient (Wildman–Crippen LogP) is 3.97. The van der Waals surface area contributed by atoms with E-state index >= 15 is 0 Å². The van der Waals surface area contributed by atoms with Crippen molar-refractivity contribution in [1.82, 2.24) is 9.61 Å². The number of benzene rings is 1. The van der Waals surface area contributed by atoms with Gasteiger partial charge in [-0.25, -0.2) is 4.52 Å². The summed E-state index contributed by atoms with van der Waals surface area (Å²) in [4.78, 5) is 12.3. The average molecular weight is 378 g/mol. The minimum absolute atomic E-state index is 0.176. The van der Waals surface area contributed by atoms with Crippen molar-refractivity contribution in [2.45, 2.75) is 52.4 Å². The highest BCUT2D eigenvalue weighted by molar-refractivity contribution is 6.09. The van der Waals surface area contributed by atoms with Gasteiger partial charge >= 0.3 is 0 Å². The molecule has 6 nitrogen and oxygen atoms in total. The van der Waals surface area contributed by atoms with Crippen LogP contribution in [-0.2, 0) is 0 Å². The minimum atomic E-state index is -0.570. The third-order valence-electron chi connectivity index (χ3n) is 6.10. The van der Waals surface area contributed by atoms with Crippen LogP contribution in [0.4, 0.5) is 5.69 Å². The molecule has 0 spiro atoms. The van der Waals surface area contributed by atoms with Gasteiger partial charge in [0, 0.05) is 11.1 Å². The van der Waals surface area contributed by atoms with Crippen LogP contribution in [0.15, 0.2) is 18.2 Å². The lowest BCUT2D eigenvalue weighted by molar-refractivity contribution is 0.100. The molecule has 2 heterocycles. The van der Waals surface area contributed by atoms with E-state index in [2.05, 4.69) is 0 Å². The number of nitrogens with zero attached hydrogens (tertiary/aromatic N) is 2. The van der Waals surface area contributed by atoms with Crippen molar-refractivity contribution in [3.63, 3.8) is 0 Å². The van der Waals surface area contributed by atoms with Gasteiger partial charge in [0.15, 0.2) is 0 Å². The normalized spacial score (nSPS) is 14.8. The summed E-state index contributed by atoms with van der Waals surface area (Å²) in [5, 5.41) is 15.1. The van der Waals surface area contributed by atoms with E-state index in [-0.39, 0.29) is 5.75 Å². The van der Waals surface area contributed by atoms with Crippen molar-refractivity contribution in [2.75, 3.05) is 5.73 Å². The number of phenolic OH excluding ortho intramolecular Hbond substituents is 1. The topological polar surface area (TPSA) is 107 Å². The van der Waals surface area contributed by atoms with Crippen molar-refractivity contribution in [3.8, 4) is 17.0 Å². The second-order valence-electron chi connectivity index (χ2n) is 7.87. The molecule has 0 unspecified atom stereocenters. The van der Waals surface area contributed by atoms with Crippen LogP contribution in [0.2, 0.25) is 0 Å². The molecule has 2 aromatic heterocycles. The van der Waals surface area contributed by atoms with E-state index in [9.17, 15) is 9.90 Å². The summed E-state index contributed by atoms with van der Waals surface area (Å²) < 4.78 is 1.72. The molecule has 1 saturated carbocycles. The van der Waals surface area contributed by atoms with Gasteiger partial charge in [-0.1, -0.05) is 18.9 Å². The maximum Gasteiger partial charge on any atom is 0.253 e. The molecule has 5 N–H and O–H groups in total. The molecule has 1 amide bonds. The Morgan fingerprint density at radius 2 is 1.89 bits per heavy atom. The quantitative estimate of drug-likeness (QED) is 0.641. The highest BCUT2D eigenvalue weighted by Gasteiger charge is 2.27. The minimum Gasteiger partial charge on any atom is -0.508 e. The maximum atomic E-state index is 12.3. The summed E-state index contributed by atoms with van der Waals surface area (Å²) >= 11 is 0. The molecule has 6 heteroatoms. The van der Waals surface area contributed by atoms with Crippen LogP contribution >= 0.6 is 0 Å². The van der Waals surface area contributed by atoms with Crippen molar-refractivity contribution >= 4 is 17.1 Å². The number of carbonyl (C=O) groups is 1. The van der Waals surface area contributed by atoms with E-state index in [1.165, 1.54) is 18.4 Å². The van der Waals surface area contributed by atoms with Gasteiger partial charge in [0.2, 0.25) is 0 Å². The molecule has 28 heavy (non-hydrogen) atoms. The zero-order valence-corrected chi connectivity index (χ0v) is 16.5. The number of carbonyl (C=O) groups excluding carboxylic acids is 1. The van der Waals surface area contributed by atoms with Gasteiger partial charge < -0.3 is 16.6 Å². The number of aryl methyl sites for hydroxylation is 2. The number of fused-ring (bicyclic) bond motifs is 1. The van der Waals surface area contributed by atoms with Crippen LogP contribution < -0.4 is 11.5 Å². The maximum absolute atomic E-state index is 12.3. The van der Waals surface area contributed by atoms with Crippen molar-refractivity contribution in [3.05, 3.63) is 46.1 Å². The van der Waals surface area contributed by atoms with Gasteiger partial charge in [-0.3, -0.25) is 4.79 Å². The van der Waals surface area contributed by atoms with Crippen molar-refractivity contribution in [1.29, 1.82) is 0 Å². The Labute approximate surface area is 164 Å². The van der Waals surface area contributed by atoms with Gasteiger partial charge in [0.1, 0.15) is 5.75 Å². The number of hydrogen-bond donors (Lipinski definition) is 3. The van der Waals surface area contributed by atoms with E-state index in [0.29, 0.717) is 33.9 Å². The first-order valence-electron chi connectivity index (χ1n) is 9.72. The molecule has 0 atom stereocenters. The highest BCUT2D eigenvalue weighted by Crippen LogP contribution is 2.42. The van der Waals surface area contributed by atoms with Gasteiger partial charge in [0.05, 0.1) is 28.2 Å². The Morgan fingerprint density at radius 3 is 2.54 bits per heavy atom. The van der Waals surface area contributed by atoms with Crippen LogP contribution in [-0.4, -0.2) is 20.6 Å². The first-order valence-corrected chi connectivity index (χ1v) is 9.72. The third kappa shape index (κ3) is 2.63. The Kier molecular flexibility index (Phi) is 4.29. The molecule has 0 saturated heterocycles. The smallest absolute Gasteiger partial charge is 0.253 e. The predicted molar refractivity (Wildman–Crippen MR) is 111 cm³/mol. The number of aromatic hydroxyl groups is 1. The molecule has 3 aromatic rings. The van der Waals surface area contributed by atoms with Gasteiger partial charge in [-0.15, -0.1) is 0 Å². The lowest BCUT2D eigenvalue weighted by Crippen LogP contribution is -2.13. The molecule has 1 aliphatic rings. The summed E-state index contributed by atoms with van der Waals surface area (Å²) in [5.41, 5.74) is 18.5. The number of phenols is 1. The number of hydrogen-bond acceptors (Lipinski definition) is 4. The lowest BCUT2D eigenvalue weighted by atomic mass is 9.96. The SMILES string of the molecule is Cc1ccc(O)c(C)c1-c1c(N)c(C(N)=O)c2cc(C3CCCC3)c(C)nn12. The summed E-state index contributed by atoms with van der Waals surface area (Å²) in [6.45, 7) is 5.78. The molecule has 1 aliphatic carbocycles. The van der Waals surface area contributed by atoms with Crippen LogP contribution in [0.25, 0.3) is 16.8 Å². The van der Waals surface area contributed by atoms with Gasteiger partial charge in [-0.05, 0) is 62.8 Å². The van der Waals surface area contributed by atoms with E-state index in [1.807, 2.05) is 32.9 Å². The highest BCUT2D eigenvalue weighted by atomic mass is 16.3. The second-order valence-corrected chi connectivity index (χ2v) is 7.87. The number of rotatable bonds is 3. The number of amides is 1. The molecule has 146 valence electrons. The molecule has 1 aromatic carbocycles. The number of anilines is 1. The first kappa shape index (κ1) is 18.3. The van der Waals surface area contributed by atoms with Crippen LogP contribution in [0.1, 0.15) is 64.3 Å². The fraction of sp³-hybridized carbons (Fsp3) is 0.364. The Balaban J connectivity index is 2.09. The molecular formula is C22H26N4O2. The second kappa shape index (κ2) is 6.55. The molecule has 0 bridgehead atoms. The molecule has 0 aliphatic heterocycles. The van der Waals surface area contributed by atoms with Crippen LogP contribution in [0.5, 0.6) is 5.75 Å². The molecule has 1 fully saturated rings. The zero-order chi connectivity index (χ0) is 20.2. The van der Waals surface area contributed by atoms with E-state index in [1.54, 1.807) is 10.6 Å². The number of aromatic nitrogens is 2. The Hall–Kier alpha value is -3.02. The average Bonchev–Trinajstić information content (AvgIpc) is 3.25. The van der Waals surface area contributed by atoms with E-state index in [4.69, 9.17) is 16.6 Å². The number of nitrogens with two attached hydrogens (primary N) is 2. The first-order chi connectivity index (χ1) is 13.3. The summed E-state index contributed by atoms with van der Waals surface area (Å²) in [7, 11) is 0. The van der Waals surface area contributed by atoms with Crippen LogP contribution in [0, 0.1) is 20.8 Å². The molecular weight excluding hydrogens is 352 g/mol. The largest absolute Gasteiger partial charge is 0.508 e. The summed E-state index contributed by atoms with van der Waals surface area (Å²) in [6.07, 6.45) is 4.71. The Morgan fingerprint density at radius 1 is 1.21 bits per heavy atom. The number of primary amides is 1. The fourth-order valence-electron chi connectivity index (χ4n) is 4.64. The standard InChI is InChI=1S/C22H26N4O2/c1-11-8-9-17(27)12(2)18(11)21-20(23)19(22(24)28)16-10-15(13(3)25-26(16)21)14-6-4-5-7-14/h8-10,14,27H,4-7,23H2,1-3H3,(H2,24,28). The lowest BCUT2D eigenvalue weighted by Gasteiger charge is -2.15. The van der Waals surface area contributed by atoms with Crippen molar-refractivity contribution < 1.29 is 9.90 Å². The number of nitrogen functional groups attached to an aromatic ring is 1. The zero-order valence-electron chi connectivity index (χ0n) is 16.5. The van der Waals surface area contributed by atoms with E-state index in [0.717, 1.165) is 29.7 Å². The summed E-state index contributed by atoms with van der Waals surface area (Å²) in [5.74, 6) is 0.0663. The van der Waals surface area contributed by atoms with Gasteiger partial charge in [0.25, 0.3) is 5.91 Å². The van der Waals surface area contributed by atoms with Gasteiger partial charge in [-0.2, -0.15) is 5.10 Å².